The lowest BCUT2D eigenvalue weighted by atomic mass is 10.1. The SMILES string of the molecule is C.CC(C)S(=O)(=O)c1ccc(-c2cnc3[nH]cc(NC(=O)c4ccc(Cl)cc4)c3n2)cc1.CC(C)S(=O)(=O)c1ccc(-c2cnc3[nH]cc(NC(=O)c4ccc(O)cc4)c3n2)cc1.CC(C)S(=O)(=O)c1ccc(-c2cnc3[nH]cc(NC(=O)c4ccncc4)c3n2)cc1.CC(C)S(=O)(=O)c1ccc(-c2cnc3[nH]cc(NS(=O)(=O)c4ccccc4)c3n2)cc1.[HH].[HH].[HH].[HH].[HH].[HH].[HH].[HH]. The van der Waals surface area contributed by atoms with Crippen LogP contribution >= 0.6 is 11.6 Å². The van der Waals surface area contributed by atoms with Gasteiger partial charge in [0.25, 0.3) is 27.7 Å². The summed E-state index contributed by atoms with van der Waals surface area (Å²) in [4.78, 5) is 90.1. The number of nitrogens with one attached hydrogen (secondary N) is 8. The average molecular weight is 1800 g/mol. The number of phenols is 1. The molecule has 0 radical (unpaired) electrons. The number of pyridine rings is 1. The molecule has 9 N–H and O–H groups in total. The van der Waals surface area contributed by atoms with Crippen molar-refractivity contribution in [2.24, 2.45) is 0 Å². The minimum absolute atomic E-state index is 0. The Morgan fingerprint density at radius 3 is 0.903 bits per heavy atom. The second-order valence-electron chi connectivity index (χ2n) is 28.7. The van der Waals surface area contributed by atoms with Crippen LogP contribution in [-0.2, 0) is 49.4 Å². The van der Waals surface area contributed by atoms with Gasteiger partial charge in [0.1, 0.15) is 27.8 Å². The molecule has 3 amide bonds. The molecule has 0 aliphatic carbocycles. The molecule has 0 fully saturated rings. The van der Waals surface area contributed by atoms with E-state index in [0.717, 1.165) is 5.56 Å². The molecule has 9 aromatic heterocycles. The number of fused-ring (bicyclic) bond motifs is 4. The van der Waals surface area contributed by atoms with Gasteiger partial charge in [-0.1, -0.05) is 85.8 Å². The summed E-state index contributed by atoms with van der Waals surface area (Å²) in [5, 5.41) is 16.3. The minimum atomic E-state index is -3.79. The van der Waals surface area contributed by atoms with E-state index in [4.69, 9.17) is 11.6 Å². The van der Waals surface area contributed by atoms with Crippen molar-refractivity contribution in [3.63, 3.8) is 0 Å². The highest BCUT2D eigenvalue weighted by atomic mass is 35.5. The number of aromatic nitrogens is 13. The summed E-state index contributed by atoms with van der Waals surface area (Å²) in [6, 6.07) is 49.7. The largest absolute Gasteiger partial charge is 0.508 e. The van der Waals surface area contributed by atoms with E-state index in [1.54, 1.807) is 251 Å². The van der Waals surface area contributed by atoms with Crippen molar-refractivity contribution in [2.75, 3.05) is 20.7 Å². The van der Waals surface area contributed by atoms with Gasteiger partial charge in [0, 0.05) is 92.6 Å². The van der Waals surface area contributed by atoms with Crippen LogP contribution in [0.1, 0.15) is 105 Å². The van der Waals surface area contributed by atoms with E-state index in [-0.39, 0.29) is 72.5 Å². The first-order valence-electron chi connectivity index (χ1n) is 37.8. The molecule has 7 aromatic carbocycles. The number of halogens is 1. The van der Waals surface area contributed by atoms with Crippen molar-refractivity contribution in [3.05, 3.63) is 272 Å². The zero-order valence-corrected chi connectivity index (χ0v) is 71.5. The first-order chi connectivity index (χ1) is 58.5. The molecule has 124 heavy (non-hydrogen) atoms. The van der Waals surface area contributed by atoms with E-state index in [1.165, 1.54) is 54.7 Å². The van der Waals surface area contributed by atoms with Crippen LogP contribution < -0.4 is 20.7 Å². The van der Waals surface area contributed by atoms with Gasteiger partial charge < -0.3 is 41.0 Å². The third kappa shape index (κ3) is 20.0. The van der Waals surface area contributed by atoms with Gasteiger partial charge in [0.15, 0.2) is 61.9 Å². The molecular weight excluding hydrogens is 1700 g/mol. The number of rotatable bonds is 21. The van der Waals surface area contributed by atoms with Crippen LogP contribution in [0, 0.1) is 0 Å². The van der Waals surface area contributed by atoms with Crippen LogP contribution in [0.15, 0.2) is 275 Å². The number of sulfone groups is 4. The number of carbonyl (C=O) groups is 3. The van der Waals surface area contributed by atoms with Gasteiger partial charge >= 0.3 is 0 Å². The summed E-state index contributed by atoms with van der Waals surface area (Å²) in [6.07, 6.45) is 15.8. The van der Waals surface area contributed by atoms with E-state index >= 15 is 0 Å². The zero-order valence-electron chi connectivity index (χ0n) is 66.7. The predicted octanol–water partition coefficient (Wildman–Crippen LogP) is 18.1. The Morgan fingerprint density at radius 2 is 0.613 bits per heavy atom. The van der Waals surface area contributed by atoms with Crippen molar-refractivity contribution in [1.29, 1.82) is 0 Å². The lowest BCUT2D eigenvalue weighted by molar-refractivity contribution is 0.101. The highest BCUT2D eigenvalue weighted by Crippen LogP contribution is 2.33. The molecule has 0 aliphatic rings. The Hall–Kier alpha value is -13.8. The highest BCUT2D eigenvalue weighted by Gasteiger charge is 2.26. The van der Waals surface area contributed by atoms with E-state index in [0.29, 0.717) is 123 Å². The Kier molecular flexibility index (Phi) is 26.9. The average Bonchev–Trinajstić information content (AvgIpc) is 1.48. The third-order valence-corrected chi connectivity index (χ3v) is 29.5. The number of H-pyrrole nitrogens is 4. The highest BCUT2D eigenvalue weighted by molar-refractivity contribution is 7.93. The monoisotopic (exact) mass is 1800 g/mol. The van der Waals surface area contributed by atoms with E-state index in [1.807, 2.05) is 0 Å². The van der Waals surface area contributed by atoms with E-state index < -0.39 is 70.4 Å². The Labute approximate surface area is 730 Å². The number of nitrogens with zero attached hydrogens (tertiary/aromatic N) is 9. The standard InChI is InChI=1S/C22H19ClN4O3S.C22H20N4O4S.C21H19N5O3S.C21H20N4O4S2.CH4.8H2/c1-13(2)31(29,30)17-9-5-14(6-10-17)18-11-24-21-20(26-18)19(12-25-21)27-22(28)15-3-7-16(23)8-4-15;1-13(2)31(29,30)17-9-5-14(6-10-17)18-11-23-21-20(25-18)19(12-24-21)26-22(28)15-3-7-16(27)8-4-15;1-13(2)30(28,29)16-5-3-14(4-6-16)17-11-23-20-19(25-17)18(12-24-20)26-21(27)15-7-9-22-10-8-15;1-14(2)30(26,27)16-10-8-15(9-11-16)18-12-22-21-20(24-18)19(13-23-21)25-31(28,29)17-6-4-3-5-7-17;;;;;;;;;/h3-13H,1-2H3,(H,24,25)(H,27,28);3-13,27H,1-2H3,(H,23,24)(H,26,28);3-13H,1-2H3,(H,23,24)(H,26,27);3-14,25H,1-2H3,(H,22,23);1H4;8*1H. The number of hydrogen-bond donors (Lipinski definition) is 9. The molecule has 16 aromatic rings. The number of sulfonamides is 1. The third-order valence-electron chi connectivity index (χ3n) is 19.1. The topological polar surface area (TPSA) is 469 Å². The molecule has 652 valence electrons. The zero-order chi connectivity index (χ0) is 87.9. The molecule has 0 atom stereocenters. The van der Waals surface area contributed by atoms with E-state index in [2.05, 4.69) is 85.5 Å². The van der Waals surface area contributed by atoms with Crippen molar-refractivity contribution >= 4 is 146 Å². The van der Waals surface area contributed by atoms with Crippen molar-refractivity contribution < 1.29 is 73.0 Å². The van der Waals surface area contributed by atoms with Crippen LogP contribution in [0.25, 0.3) is 89.7 Å². The van der Waals surface area contributed by atoms with Gasteiger partial charge in [-0.2, -0.15) is 0 Å². The number of benzene rings is 7. The van der Waals surface area contributed by atoms with Gasteiger partial charge in [-0.25, -0.2) is 82.0 Å². The molecule has 0 spiro atoms. The number of amides is 3. The Balaban J connectivity index is 0.000000360. The normalized spacial score (nSPS) is 11.8. The number of aromatic amines is 4. The molecule has 37 heteroatoms. The summed E-state index contributed by atoms with van der Waals surface area (Å²) >= 11 is 5.87. The molecule has 0 saturated carbocycles. The predicted molar refractivity (Wildman–Crippen MR) is 495 cm³/mol. The summed E-state index contributed by atoms with van der Waals surface area (Å²) in [5.74, 6) is -0.857. The van der Waals surface area contributed by atoms with Gasteiger partial charge in [-0.3, -0.25) is 24.1 Å². The summed E-state index contributed by atoms with van der Waals surface area (Å²) in [6.45, 7) is 13.1. The second-order valence-corrected chi connectivity index (χ2v) is 40.8. The number of hydrogen-bond acceptors (Lipinski definition) is 23. The molecule has 0 bridgehead atoms. The lowest BCUT2D eigenvalue weighted by Gasteiger charge is -2.09. The lowest BCUT2D eigenvalue weighted by Crippen LogP contribution is -2.13. The maximum absolute atomic E-state index is 12.7. The van der Waals surface area contributed by atoms with Crippen LogP contribution in [0.2, 0.25) is 5.02 Å². The van der Waals surface area contributed by atoms with Gasteiger partial charge in [-0.05, 0) is 177 Å². The van der Waals surface area contributed by atoms with Gasteiger partial charge in [0.2, 0.25) is 0 Å². The van der Waals surface area contributed by atoms with Crippen molar-refractivity contribution in [2.45, 2.75) is 108 Å². The molecule has 31 nitrogen and oxygen atoms in total. The molecule has 0 unspecified atom stereocenters. The first kappa shape index (κ1) is 89.5. The Bertz CT molecular complexity index is 7040. The fraction of sp³-hybridized carbons (Fsp3) is 0.149. The van der Waals surface area contributed by atoms with Gasteiger partial charge in [0.05, 0.1) is 116 Å². The van der Waals surface area contributed by atoms with Crippen LogP contribution in [-0.4, -0.2) is 151 Å². The summed E-state index contributed by atoms with van der Waals surface area (Å²) < 4.78 is 126. The maximum atomic E-state index is 12.7. The second kappa shape index (κ2) is 37.3. The van der Waals surface area contributed by atoms with Crippen molar-refractivity contribution in [1.82, 2.24) is 64.8 Å². The molecule has 9 heterocycles. The number of aromatic hydroxyl groups is 1. The fourth-order valence-electron chi connectivity index (χ4n) is 11.9. The molecule has 0 aliphatic heterocycles. The number of carbonyl (C=O) groups excluding carboxylic acids is 3. The molecular formula is C87H98ClN17O14S5. The number of phenolic OH excluding ortho intramolecular Hbond substituents is 1. The van der Waals surface area contributed by atoms with Crippen molar-refractivity contribution in [3.8, 4) is 50.8 Å². The maximum Gasteiger partial charge on any atom is 0.262 e. The summed E-state index contributed by atoms with van der Waals surface area (Å²) in [7, 11) is -17.2. The fourth-order valence-corrected chi connectivity index (χ4v) is 17.4. The van der Waals surface area contributed by atoms with E-state index in [9.17, 15) is 61.6 Å². The quantitative estimate of drug-likeness (QED) is 0.0323. The minimum Gasteiger partial charge on any atom is -0.508 e. The molecule has 16 rings (SSSR count). The van der Waals surface area contributed by atoms with Crippen LogP contribution in [0.3, 0.4) is 0 Å². The van der Waals surface area contributed by atoms with Crippen LogP contribution in [0.4, 0.5) is 22.7 Å². The Morgan fingerprint density at radius 1 is 0.347 bits per heavy atom. The van der Waals surface area contributed by atoms with Crippen LogP contribution in [0.5, 0.6) is 5.75 Å². The van der Waals surface area contributed by atoms with Gasteiger partial charge in [-0.15, -0.1) is 0 Å². The smallest absolute Gasteiger partial charge is 0.262 e. The molecule has 0 saturated heterocycles. The number of anilines is 4. The summed E-state index contributed by atoms with van der Waals surface area (Å²) in [5.41, 5.74) is 11.8. The first-order valence-corrected chi connectivity index (χ1v) is 45.8.